The van der Waals surface area contributed by atoms with Crippen LogP contribution in [0.5, 0.6) is 0 Å². The number of piperidine rings is 1. The Morgan fingerprint density at radius 3 is 3.13 bits per heavy atom. The first-order chi connectivity index (χ1) is 7.25. The van der Waals surface area contributed by atoms with Crippen LogP contribution in [0.4, 0.5) is 0 Å². The van der Waals surface area contributed by atoms with Gasteiger partial charge in [-0.3, -0.25) is 0 Å². The SMILES string of the molecule is CC1CC(NCc2ccoc2)CCN1C. The van der Waals surface area contributed by atoms with Crippen molar-refractivity contribution in [2.75, 3.05) is 13.6 Å². The van der Waals surface area contributed by atoms with Crippen molar-refractivity contribution >= 4 is 0 Å². The Labute approximate surface area is 91.4 Å². The fourth-order valence-corrected chi connectivity index (χ4v) is 2.13. The number of hydrogen-bond acceptors (Lipinski definition) is 3. The number of likely N-dealkylation sites (tertiary alicyclic amines) is 1. The van der Waals surface area contributed by atoms with Crippen LogP contribution in [0.15, 0.2) is 23.0 Å². The fourth-order valence-electron chi connectivity index (χ4n) is 2.13. The molecule has 84 valence electrons. The van der Waals surface area contributed by atoms with Gasteiger partial charge in [0.25, 0.3) is 0 Å². The molecule has 0 aliphatic carbocycles. The van der Waals surface area contributed by atoms with Gasteiger partial charge in [-0.05, 0) is 39.4 Å². The van der Waals surface area contributed by atoms with E-state index in [0.717, 1.165) is 6.54 Å². The van der Waals surface area contributed by atoms with Crippen LogP contribution in [0.3, 0.4) is 0 Å². The van der Waals surface area contributed by atoms with E-state index in [-0.39, 0.29) is 0 Å². The van der Waals surface area contributed by atoms with E-state index >= 15 is 0 Å². The molecule has 3 heteroatoms. The third-order valence-electron chi connectivity index (χ3n) is 3.38. The molecule has 1 aliphatic rings. The Kier molecular flexibility index (Phi) is 3.44. The molecule has 0 radical (unpaired) electrons. The van der Waals surface area contributed by atoms with Gasteiger partial charge in [0, 0.05) is 24.2 Å². The van der Waals surface area contributed by atoms with Crippen molar-refractivity contribution in [1.82, 2.24) is 10.2 Å². The van der Waals surface area contributed by atoms with E-state index in [1.807, 2.05) is 12.3 Å². The first kappa shape index (κ1) is 10.7. The Hall–Kier alpha value is -0.800. The Bertz CT molecular complexity index is 284. The second-order valence-corrected chi connectivity index (χ2v) is 4.56. The summed E-state index contributed by atoms with van der Waals surface area (Å²) >= 11 is 0. The molecule has 0 saturated carbocycles. The maximum atomic E-state index is 5.04. The molecule has 2 rings (SSSR count). The van der Waals surface area contributed by atoms with Gasteiger partial charge in [0.2, 0.25) is 0 Å². The van der Waals surface area contributed by atoms with Gasteiger partial charge in [-0.2, -0.15) is 0 Å². The van der Waals surface area contributed by atoms with Crippen molar-refractivity contribution in [2.45, 2.75) is 38.4 Å². The molecule has 0 amide bonds. The first-order valence-corrected chi connectivity index (χ1v) is 5.70. The monoisotopic (exact) mass is 208 g/mol. The third kappa shape index (κ3) is 2.83. The van der Waals surface area contributed by atoms with Gasteiger partial charge in [-0.1, -0.05) is 0 Å². The van der Waals surface area contributed by atoms with E-state index in [9.17, 15) is 0 Å². The highest BCUT2D eigenvalue weighted by Crippen LogP contribution is 2.15. The lowest BCUT2D eigenvalue weighted by atomic mass is 9.99. The molecule has 2 atom stereocenters. The van der Waals surface area contributed by atoms with Gasteiger partial charge in [0.15, 0.2) is 0 Å². The van der Waals surface area contributed by atoms with Crippen molar-refractivity contribution in [2.24, 2.45) is 0 Å². The summed E-state index contributed by atoms with van der Waals surface area (Å²) < 4.78 is 5.04. The minimum absolute atomic E-state index is 0.658. The summed E-state index contributed by atoms with van der Waals surface area (Å²) in [6, 6.07) is 3.37. The molecule has 1 saturated heterocycles. The molecule has 3 nitrogen and oxygen atoms in total. The molecule has 0 aromatic carbocycles. The zero-order chi connectivity index (χ0) is 10.7. The van der Waals surface area contributed by atoms with Crippen molar-refractivity contribution in [3.8, 4) is 0 Å². The molecule has 1 fully saturated rings. The minimum Gasteiger partial charge on any atom is -0.472 e. The minimum atomic E-state index is 0.658. The second-order valence-electron chi connectivity index (χ2n) is 4.56. The average Bonchev–Trinajstić information content (AvgIpc) is 2.73. The zero-order valence-electron chi connectivity index (χ0n) is 9.57. The van der Waals surface area contributed by atoms with Gasteiger partial charge >= 0.3 is 0 Å². The highest BCUT2D eigenvalue weighted by Gasteiger charge is 2.21. The summed E-state index contributed by atoms with van der Waals surface area (Å²) in [5.41, 5.74) is 1.24. The van der Waals surface area contributed by atoms with Crippen LogP contribution in [0, 0.1) is 0 Å². The lowest BCUT2D eigenvalue weighted by molar-refractivity contribution is 0.168. The predicted octanol–water partition coefficient (Wildman–Crippen LogP) is 1.85. The van der Waals surface area contributed by atoms with Gasteiger partial charge in [-0.25, -0.2) is 0 Å². The fraction of sp³-hybridized carbons (Fsp3) is 0.667. The van der Waals surface area contributed by atoms with Gasteiger partial charge in [0.1, 0.15) is 0 Å². The Morgan fingerprint density at radius 2 is 2.47 bits per heavy atom. The molecule has 1 N–H and O–H groups in total. The standard InChI is InChI=1S/C12H20N2O/c1-10-7-12(3-5-14(10)2)13-8-11-4-6-15-9-11/h4,6,9-10,12-13H,3,5,7-8H2,1-2H3. The Morgan fingerprint density at radius 1 is 1.60 bits per heavy atom. The number of nitrogens with zero attached hydrogens (tertiary/aromatic N) is 1. The first-order valence-electron chi connectivity index (χ1n) is 5.70. The van der Waals surface area contributed by atoms with E-state index in [4.69, 9.17) is 4.42 Å². The summed E-state index contributed by atoms with van der Waals surface area (Å²) in [6.07, 6.45) is 6.03. The average molecular weight is 208 g/mol. The maximum absolute atomic E-state index is 5.04. The van der Waals surface area contributed by atoms with Crippen LogP contribution >= 0.6 is 0 Å². The van der Waals surface area contributed by atoms with Gasteiger partial charge in [0.05, 0.1) is 12.5 Å². The van der Waals surface area contributed by atoms with Crippen LogP contribution in [0.25, 0.3) is 0 Å². The van der Waals surface area contributed by atoms with Crippen LogP contribution in [-0.2, 0) is 6.54 Å². The molecule has 2 heterocycles. The maximum Gasteiger partial charge on any atom is 0.0947 e. The molecule has 1 aromatic heterocycles. The van der Waals surface area contributed by atoms with E-state index in [2.05, 4.69) is 24.2 Å². The van der Waals surface area contributed by atoms with E-state index in [1.54, 1.807) is 6.26 Å². The summed E-state index contributed by atoms with van der Waals surface area (Å²) in [6.45, 7) is 4.42. The van der Waals surface area contributed by atoms with E-state index < -0.39 is 0 Å². The molecule has 1 aromatic rings. The van der Waals surface area contributed by atoms with Crippen LogP contribution in [0.2, 0.25) is 0 Å². The predicted molar refractivity (Wildman–Crippen MR) is 60.7 cm³/mol. The molecular weight excluding hydrogens is 188 g/mol. The largest absolute Gasteiger partial charge is 0.472 e. The summed E-state index contributed by atoms with van der Waals surface area (Å²) in [5.74, 6) is 0. The normalized spacial score (nSPS) is 28.1. The summed E-state index contributed by atoms with van der Waals surface area (Å²) in [5, 5.41) is 3.59. The lowest BCUT2D eigenvalue weighted by Gasteiger charge is -2.35. The van der Waals surface area contributed by atoms with Crippen molar-refractivity contribution in [1.29, 1.82) is 0 Å². The quantitative estimate of drug-likeness (QED) is 0.821. The van der Waals surface area contributed by atoms with Crippen molar-refractivity contribution < 1.29 is 4.42 Å². The molecule has 0 bridgehead atoms. The van der Waals surface area contributed by atoms with Crippen molar-refractivity contribution in [3.05, 3.63) is 24.2 Å². The summed E-state index contributed by atoms with van der Waals surface area (Å²) in [4.78, 5) is 2.43. The summed E-state index contributed by atoms with van der Waals surface area (Å²) in [7, 11) is 2.21. The van der Waals surface area contributed by atoms with Crippen molar-refractivity contribution in [3.63, 3.8) is 0 Å². The third-order valence-corrected chi connectivity index (χ3v) is 3.38. The molecule has 1 aliphatic heterocycles. The van der Waals surface area contributed by atoms with E-state index in [1.165, 1.54) is 24.9 Å². The number of furan rings is 1. The zero-order valence-corrected chi connectivity index (χ0v) is 9.57. The molecule has 2 unspecified atom stereocenters. The molecular formula is C12H20N2O. The lowest BCUT2D eigenvalue weighted by Crippen LogP contribution is -2.45. The Balaban J connectivity index is 1.76. The topological polar surface area (TPSA) is 28.4 Å². The highest BCUT2D eigenvalue weighted by molar-refractivity contribution is 5.04. The van der Waals surface area contributed by atoms with E-state index in [0.29, 0.717) is 12.1 Å². The number of hydrogen-bond donors (Lipinski definition) is 1. The smallest absolute Gasteiger partial charge is 0.0947 e. The number of rotatable bonds is 3. The molecule has 0 spiro atoms. The number of nitrogens with one attached hydrogen (secondary N) is 1. The molecule has 15 heavy (non-hydrogen) atoms. The van der Waals surface area contributed by atoms with Gasteiger partial charge < -0.3 is 14.6 Å². The van der Waals surface area contributed by atoms with Gasteiger partial charge in [-0.15, -0.1) is 0 Å². The van der Waals surface area contributed by atoms with Crippen LogP contribution in [0.1, 0.15) is 25.3 Å². The van der Waals surface area contributed by atoms with Crippen LogP contribution < -0.4 is 5.32 Å². The second kappa shape index (κ2) is 4.81. The highest BCUT2D eigenvalue weighted by atomic mass is 16.3. The van der Waals surface area contributed by atoms with Crippen LogP contribution in [-0.4, -0.2) is 30.6 Å².